The first-order valence-corrected chi connectivity index (χ1v) is 4.20. The molecular weight excluding hydrogens is 164 g/mol. The Morgan fingerprint density at radius 1 is 1.46 bits per heavy atom. The average molecular weight is 176 g/mol. The van der Waals surface area contributed by atoms with Gasteiger partial charge in [0.1, 0.15) is 0 Å². The molecular formula is C10H12N2O. The first-order valence-electron chi connectivity index (χ1n) is 4.20. The molecule has 0 aliphatic heterocycles. The summed E-state index contributed by atoms with van der Waals surface area (Å²) >= 11 is 0. The summed E-state index contributed by atoms with van der Waals surface area (Å²) in [4.78, 5) is 3.08. The molecule has 4 N–H and O–H groups in total. The fraction of sp³-hybridized carbons (Fsp3) is 0.200. The molecule has 0 spiro atoms. The molecule has 0 aliphatic rings. The van der Waals surface area contributed by atoms with E-state index in [-0.39, 0.29) is 6.61 Å². The van der Waals surface area contributed by atoms with Gasteiger partial charge in [-0.3, -0.25) is 0 Å². The molecule has 0 saturated carbocycles. The molecule has 3 heteroatoms. The Bertz CT molecular complexity index is 406. The molecule has 1 aromatic heterocycles. The minimum Gasteiger partial charge on any atom is -0.397 e. The quantitative estimate of drug-likeness (QED) is 0.577. The van der Waals surface area contributed by atoms with Crippen molar-refractivity contribution in [3.05, 3.63) is 29.5 Å². The summed E-state index contributed by atoms with van der Waals surface area (Å²) in [6.45, 7) is 2.05. The molecule has 0 saturated heterocycles. The highest BCUT2D eigenvalue weighted by atomic mass is 16.3. The maximum absolute atomic E-state index is 8.95. The second kappa shape index (κ2) is 2.78. The van der Waals surface area contributed by atoms with Crippen molar-refractivity contribution in [3.8, 4) is 0 Å². The fourth-order valence-electron chi connectivity index (χ4n) is 1.52. The second-order valence-corrected chi connectivity index (χ2v) is 3.21. The van der Waals surface area contributed by atoms with Gasteiger partial charge in [-0.2, -0.15) is 0 Å². The van der Waals surface area contributed by atoms with E-state index in [9.17, 15) is 0 Å². The summed E-state index contributed by atoms with van der Waals surface area (Å²) in [5.74, 6) is 0. The third-order valence-electron chi connectivity index (χ3n) is 2.27. The van der Waals surface area contributed by atoms with Crippen LogP contribution in [0, 0.1) is 6.92 Å². The van der Waals surface area contributed by atoms with Crippen LogP contribution in [-0.4, -0.2) is 10.1 Å². The Labute approximate surface area is 76.2 Å². The third-order valence-corrected chi connectivity index (χ3v) is 2.27. The van der Waals surface area contributed by atoms with Crippen molar-refractivity contribution in [1.29, 1.82) is 0 Å². The predicted octanol–water partition coefficient (Wildman–Crippen LogP) is 1.55. The van der Waals surface area contributed by atoms with Gasteiger partial charge in [-0.15, -0.1) is 0 Å². The van der Waals surface area contributed by atoms with E-state index in [2.05, 4.69) is 4.98 Å². The van der Waals surface area contributed by atoms with Crippen LogP contribution < -0.4 is 5.73 Å². The van der Waals surface area contributed by atoms with Gasteiger partial charge in [0.2, 0.25) is 0 Å². The molecule has 68 valence electrons. The van der Waals surface area contributed by atoms with Gasteiger partial charge in [-0.05, 0) is 24.6 Å². The van der Waals surface area contributed by atoms with E-state index in [1.165, 1.54) is 5.56 Å². The molecule has 0 atom stereocenters. The van der Waals surface area contributed by atoms with Crippen LogP contribution in [0.25, 0.3) is 10.9 Å². The Morgan fingerprint density at radius 2 is 2.23 bits per heavy atom. The minimum absolute atomic E-state index is 0.0214. The SMILES string of the molecule is Cc1ccc(N)c2[nH]c(CO)cc12. The van der Waals surface area contributed by atoms with Crippen LogP contribution in [0.5, 0.6) is 0 Å². The summed E-state index contributed by atoms with van der Waals surface area (Å²) in [6, 6.07) is 5.78. The van der Waals surface area contributed by atoms with Crippen molar-refractivity contribution >= 4 is 16.6 Å². The number of H-pyrrole nitrogens is 1. The maximum atomic E-state index is 8.95. The van der Waals surface area contributed by atoms with Crippen molar-refractivity contribution in [2.45, 2.75) is 13.5 Å². The highest BCUT2D eigenvalue weighted by Gasteiger charge is 2.04. The molecule has 13 heavy (non-hydrogen) atoms. The largest absolute Gasteiger partial charge is 0.397 e. The predicted molar refractivity (Wildman–Crippen MR) is 53.4 cm³/mol. The van der Waals surface area contributed by atoms with Gasteiger partial charge in [-0.25, -0.2) is 0 Å². The number of hydrogen-bond donors (Lipinski definition) is 3. The second-order valence-electron chi connectivity index (χ2n) is 3.21. The zero-order valence-electron chi connectivity index (χ0n) is 7.46. The number of hydrogen-bond acceptors (Lipinski definition) is 2. The van der Waals surface area contributed by atoms with Crippen molar-refractivity contribution in [2.75, 3.05) is 5.73 Å². The number of benzene rings is 1. The number of aromatic nitrogens is 1. The molecule has 1 heterocycles. The molecule has 0 fully saturated rings. The van der Waals surface area contributed by atoms with Crippen molar-refractivity contribution in [3.63, 3.8) is 0 Å². The molecule has 0 radical (unpaired) electrons. The lowest BCUT2D eigenvalue weighted by Crippen LogP contribution is -1.87. The number of aliphatic hydroxyl groups is 1. The first kappa shape index (κ1) is 8.13. The summed E-state index contributed by atoms with van der Waals surface area (Å²) in [6.07, 6.45) is 0. The van der Waals surface area contributed by atoms with E-state index in [4.69, 9.17) is 10.8 Å². The van der Waals surface area contributed by atoms with E-state index in [0.717, 1.165) is 22.3 Å². The number of fused-ring (bicyclic) bond motifs is 1. The lowest BCUT2D eigenvalue weighted by Gasteiger charge is -1.98. The standard InChI is InChI=1S/C10H12N2O/c1-6-2-3-9(11)10-8(6)4-7(5-13)12-10/h2-4,12-13H,5,11H2,1H3. The Hall–Kier alpha value is -1.48. The number of aliphatic hydroxyl groups excluding tert-OH is 1. The molecule has 0 aliphatic carbocycles. The van der Waals surface area contributed by atoms with Gasteiger partial charge in [0.05, 0.1) is 17.8 Å². The highest BCUT2D eigenvalue weighted by Crippen LogP contribution is 2.24. The molecule has 1 aromatic carbocycles. The van der Waals surface area contributed by atoms with Crippen LogP contribution in [0.2, 0.25) is 0 Å². The topological polar surface area (TPSA) is 62.0 Å². The molecule has 0 bridgehead atoms. The summed E-state index contributed by atoms with van der Waals surface area (Å²) < 4.78 is 0. The average Bonchev–Trinajstić information content (AvgIpc) is 2.56. The monoisotopic (exact) mass is 176 g/mol. The van der Waals surface area contributed by atoms with Crippen LogP contribution in [-0.2, 0) is 6.61 Å². The maximum Gasteiger partial charge on any atom is 0.0831 e. The molecule has 0 unspecified atom stereocenters. The van der Waals surface area contributed by atoms with E-state index in [1.54, 1.807) is 0 Å². The number of aromatic amines is 1. The van der Waals surface area contributed by atoms with E-state index in [0.29, 0.717) is 0 Å². The number of anilines is 1. The molecule has 0 amide bonds. The molecule has 2 aromatic rings. The Balaban J connectivity index is 2.80. The molecule has 2 rings (SSSR count). The summed E-state index contributed by atoms with van der Waals surface area (Å²) in [5, 5.41) is 10.0. The number of aryl methyl sites for hydroxylation is 1. The third kappa shape index (κ3) is 1.17. The zero-order chi connectivity index (χ0) is 9.42. The van der Waals surface area contributed by atoms with E-state index in [1.807, 2.05) is 25.1 Å². The van der Waals surface area contributed by atoms with Crippen LogP contribution in [0.4, 0.5) is 5.69 Å². The van der Waals surface area contributed by atoms with Crippen LogP contribution in [0.1, 0.15) is 11.3 Å². The number of nitrogen functional groups attached to an aromatic ring is 1. The molecule has 3 nitrogen and oxygen atoms in total. The first-order chi connectivity index (χ1) is 6.22. The van der Waals surface area contributed by atoms with Crippen LogP contribution in [0.15, 0.2) is 18.2 Å². The van der Waals surface area contributed by atoms with Crippen molar-refractivity contribution in [1.82, 2.24) is 4.98 Å². The van der Waals surface area contributed by atoms with E-state index >= 15 is 0 Å². The van der Waals surface area contributed by atoms with Gasteiger partial charge >= 0.3 is 0 Å². The van der Waals surface area contributed by atoms with Gasteiger partial charge in [-0.1, -0.05) is 6.07 Å². The highest BCUT2D eigenvalue weighted by molar-refractivity contribution is 5.92. The van der Waals surface area contributed by atoms with Gasteiger partial charge in [0.15, 0.2) is 0 Å². The van der Waals surface area contributed by atoms with Gasteiger partial charge < -0.3 is 15.8 Å². The number of nitrogens with one attached hydrogen (secondary N) is 1. The van der Waals surface area contributed by atoms with Crippen LogP contribution >= 0.6 is 0 Å². The van der Waals surface area contributed by atoms with Crippen molar-refractivity contribution in [2.24, 2.45) is 0 Å². The lowest BCUT2D eigenvalue weighted by atomic mass is 10.1. The normalized spacial score (nSPS) is 10.9. The Kier molecular flexibility index (Phi) is 1.74. The van der Waals surface area contributed by atoms with Gasteiger partial charge in [0, 0.05) is 11.1 Å². The fourth-order valence-corrected chi connectivity index (χ4v) is 1.52. The van der Waals surface area contributed by atoms with Crippen LogP contribution in [0.3, 0.4) is 0 Å². The smallest absolute Gasteiger partial charge is 0.0831 e. The number of nitrogens with two attached hydrogens (primary N) is 1. The lowest BCUT2D eigenvalue weighted by molar-refractivity contribution is 0.278. The van der Waals surface area contributed by atoms with E-state index < -0.39 is 0 Å². The van der Waals surface area contributed by atoms with Gasteiger partial charge in [0.25, 0.3) is 0 Å². The summed E-state index contributed by atoms with van der Waals surface area (Å²) in [7, 11) is 0. The minimum atomic E-state index is 0.0214. The Morgan fingerprint density at radius 3 is 2.85 bits per heavy atom. The zero-order valence-corrected chi connectivity index (χ0v) is 7.46. The van der Waals surface area contributed by atoms with Crippen molar-refractivity contribution < 1.29 is 5.11 Å². The summed E-state index contributed by atoms with van der Waals surface area (Å²) in [5.41, 5.74) is 9.39. The number of rotatable bonds is 1.